The third-order valence-electron chi connectivity index (χ3n) is 2.35. The average molecular weight is 194 g/mol. The zero-order valence-electron chi connectivity index (χ0n) is 7.52. The lowest BCUT2D eigenvalue weighted by Gasteiger charge is -2.07. The minimum absolute atomic E-state index is 0.418. The lowest BCUT2D eigenvalue weighted by Crippen LogP contribution is -2.15. The Balaban J connectivity index is 1.92. The van der Waals surface area contributed by atoms with E-state index in [2.05, 4.69) is 11.1 Å². The van der Waals surface area contributed by atoms with E-state index < -0.39 is 0 Å². The monoisotopic (exact) mass is 194 g/mol. The van der Waals surface area contributed by atoms with E-state index in [0.717, 1.165) is 11.4 Å². The van der Waals surface area contributed by atoms with Gasteiger partial charge in [0.15, 0.2) is 0 Å². The highest BCUT2D eigenvalue weighted by Gasteiger charge is 2.22. The van der Waals surface area contributed by atoms with E-state index >= 15 is 0 Å². The maximum atomic E-state index is 5.85. The number of pyridine rings is 1. The van der Waals surface area contributed by atoms with Gasteiger partial charge in [0.25, 0.3) is 0 Å². The number of nitrogens with zero attached hydrogens (tertiary/aromatic N) is 1. The minimum Gasteiger partial charge on any atom is -0.328 e. The third-order valence-corrected chi connectivity index (χ3v) is 3.59. The van der Waals surface area contributed by atoms with E-state index in [-0.39, 0.29) is 0 Å². The van der Waals surface area contributed by atoms with Crippen molar-refractivity contribution in [1.82, 2.24) is 4.98 Å². The lowest BCUT2D eigenvalue weighted by molar-refractivity contribution is 0.705. The summed E-state index contributed by atoms with van der Waals surface area (Å²) in [6, 6.07) is 6.46. The van der Waals surface area contributed by atoms with Crippen LogP contribution in [0, 0.1) is 0 Å². The number of hydrogen-bond donors (Lipinski definition) is 1. The van der Waals surface area contributed by atoms with E-state index in [1.165, 1.54) is 12.8 Å². The van der Waals surface area contributed by atoms with Crippen molar-refractivity contribution in [3.05, 3.63) is 24.4 Å². The van der Waals surface area contributed by atoms with Crippen molar-refractivity contribution in [2.24, 2.45) is 5.73 Å². The maximum Gasteiger partial charge on any atom is 0.0962 e. The molecule has 2 atom stereocenters. The first kappa shape index (κ1) is 9.03. The van der Waals surface area contributed by atoms with Crippen molar-refractivity contribution in [3.8, 4) is 0 Å². The Morgan fingerprint density at radius 2 is 2.31 bits per heavy atom. The van der Waals surface area contributed by atoms with Gasteiger partial charge in [0.05, 0.1) is 5.03 Å². The highest BCUT2D eigenvalue weighted by Crippen LogP contribution is 2.32. The van der Waals surface area contributed by atoms with Gasteiger partial charge in [0, 0.05) is 17.5 Å². The minimum atomic E-state index is 0.418. The summed E-state index contributed by atoms with van der Waals surface area (Å²) >= 11 is 1.86. The predicted molar refractivity (Wildman–Crippen MR) is 55.7 cm³/mol. The maximum absolute atomic E-state index is 5.85. The van der Waals surface area contributed by atoms with Crippen molar-refractivity contribution in [1.29, 1.82) is 0 Å². The van der Waals surface area contributed by atoms with Gasteiger partial charge in [-0.05, 0) is 31.4 Å². The molecule has 3 heteroatoms. The number of thioether (sulfide) groups is 1. The molecule has 0 spiro atoms. The van der Waals surface area contributed by atoms with Crippen LogP contribution in [0.3, 0.4) is 0 Å². The van der Waals surface area contributed by atoms with E-state index in [1.54, 1.807) is 0 Å². The fourth-order valence-corrected chi connectivity index (χ4v) is 2.89. The van der Waals surface area contributed by atoms with Crippen LogP contribution in [0.25, 0.3) is 0 Å². The van der Waals surface area contributed by atoms with Crippen molar-refractivity contribution in [2.45, 2.75) is 35.6 Å². The SMILES string of the molecule is NC1CCC(Sc2ccccn2)C1. The number of rotatable bonds is 2. The van der Waals surface area contributed by atoms with Crippen LogP contribution in [0.4, 0.5) is 0 Å². The molecule has 70 valence electrons. The molecule has 1 aliphatic carbocycles. The lowest BCUT2D eigenvalue weighted by atomic mass is 10.3. The molecular weight excluding hydrogens is 180 g/mol. The van der Waals surface area contributed by atoms with Crippen LogP contribution in [-0.2, 0) is 0 Å². The molecule has 2 rings (SSSR count). The molecule has 1 aliphatic rings. The van der Waals surface area contributed by atoms with Gasteiger partial charge in [-0.3, -0.25) is 0 Å². The van der Waals surface area contributed by atoms with E-state index in [9.17, 15) is 0 Å². The topological polar surface area (TPSA) is 38.9 Å². The first-order valence-corrected chi connectivity index (χ1v) is 5.56. The van der Waals surface area contributed by atoms with Gasteiger partial charge >= 0.3 is 0 Å². The van der Waals surface area contributed by atoms with Crippen LogP contribution in [0.5, 0.6) is 0 Å². The van der Waals surface area contributed by atoms with Crippen LogP contribution < -0.4 is 5.73 Å². The first-order chi connectivity index (χ1) is 6.34. The molecule has 2 N–H and O–H groups in total. The van der Waals surface area contributed by atoms with Gasteiger partial charge in [0.1, 0.15) is 0 Å². The fraction of sp³-hybridized carbons (Fsp3) is 0.500. The normalized spacial score (nSPS) is 27.8. The largest absolute Gasteiger partial charge is 0.328 e. The van der Waals surface area contributed by atoms with Crippen LogP contribution in [0.1, 0.15) is 19.3 Å². The Kier molecular flexibility index (Phi) is 2.86. The Morgan fingerprint density at radius 1 is 1.38 bits per heavy atom. The summed E-state index contributed by atoms with van der Waals surface area (Å²) in [6.45, 7) is 0. The zero-order chi connectivity index (χ0) is 9.10. The molecule has 1 fully saturated rings. The molecule has 2 nitrogen and oxygen atoms in total. The third kappa shape index (κ3) is 2.45. The van der Waals surface area contributed by atoms with Crippen LogP contribution >= 0.6 is 11.8 Å². The summed E-state index contributed by atoms with van der Waals surface area (Å²) in [5.74, 6) is 0. The second kappa shape index (κ2) is 4.11. The molecule has 0 aromatic carbocycles. The van der Waals surface area contributed by atoms with Gasteiger partial charge < -0.3 is 5.73 Å². The second-order valence-corrected chi connectivity index (χ2v) is 4.80. The highest BCUT2D eigenvalue weighted by atomic mass is 32.2. The van der Waals surface area contributed by atoms with E-state index in [4.69, 9.17) is 5.73 Å². The van der Waals surface area contributed by atoms with Crippen molar-refractivity contribution in [3.63, 3.8) is 0 Å². The standard InChI is InChI=1S/C10H14N2S/c11-8-4-5-9(7-8)13-10-3-1-2-6-12-10/h1-3,6,8-9H,4-5,7,11H2. The van der Waals surface area contributed by atoms with E-state index in [1.807, 2.05) is 30.1 Å². The fourth-order valence-electron chi connectivity index (χ4n) is 1.67. The van der Waals surface area contributed by atoms with Gasteiger partial charge in [-0.1, -0.05) is 6.07 Å². The molecule has 0 bridgehead atoms. The summed E-state index contributed by atoms with van der Waals surface area (Å²) in [5.41, 5.74) is 5.85. The molecular formula is C10H14N2S. The summed E-state index contributed by atoms with van der Waals surface area (Å²) in [7, 11) is 0. The van der Waals surface area contributed by atoms with Crippen molar-refractivity contribution >= 4 is 11.8 Å². The molecule has 1 saturated carbocycles. The number of hydrogen-bond acceptors (Lipinski definition) is 3. The molecule has 1 aromatic heterocycles. The smallest absolute Gasteiger partial charge is 0.0962 e. The van der Waals surface area contributed by atoms with Gasteiger partial charge in [-0.15, -0.1) is 11.8 Å². The first-order valence-electron chi connectivity index (χ1n) is 4.68. The Morgan fingerprint density at radius 3 is 2.92 bits per heavy atom. The van der Waals surface area contributed by atoms with Gasteiger partial charge in [-0.2, -0.15) is 0 Å². The Bertz CT molecular complexity index is 263. The van der Waals surface area contributed by atoms with Gasteiger partial charge in [-0.25, -0.2) is 4.98 Å². The van der Waals surface area contributed by atoms with E-state index in [0.29, 0.717) is 11.3 Å². The molecule has 0 radical (unpaired) electrons. The van der Waals surface area contributed by atoms with Crippen molar-refractivity contribution < 1.29 is 0 Å². The molecule has 1 aromatic rings. The number of aromatic nitrogens is 1. The molecule has 2 unspecified atom stereocenters. The van der Waals surface area contributed by atoms with Crippen LogP contribution in [0.2, 0.25) is 0 Å². The quantitative estimate of drug-likeness (QED) is 0.783. The molecule has 0 amide bonds. The predicted octanol–water partition coefficient (Wildman–Crippen LogP) is 2.05. The Hall–Kier alpha value is -0.540. The van der Waals surface area contributed by atoms with Gasteiger partial charge in [0.2, 0.25) is 0 Å². The second-order valence-electron chi connectivity index (χ2n) is 3.48. The summed E-state index contributed by atoms with van der Waals surface area (Å²) < 4.78 is 0. The number of nitrogens with two attached hydrogens (primary N) is 1. The summed E-state index contributed by atoms with van der Waals surface area (Å²) in [5, 5.41) is 1.81. The Labute approximate surface area is 82.9 Å². The zero-order valence-corrected chi connectivity index (χ0v) is 8.33. The molecule has 1 heterocycles. The average Bonchev–Trinajstić information content (AvgIpc) is 2.53. The highest BCUT2D eigenvalue weighted by molar-refractivity contribution is 7.99. The summed E-state index contributed by atoms with van der Waals surface area (Å²) in [4.78, 5) is 4.29. The molecule has 13 heavy (non-hydrogen) atoms. The van der Waals surface area contributed by atoms with Crippen LogP contribution in [0.15, 0.2) is 29.4 Å². The van der Waals surface area contributed by atoms with Crippen LogP contribution in [-0.4, -0.2) is 16.3 Å². The summed E-state index contributed by atoms with van der Waals surface area (Å²) in [6.07, 6.45) is 5.39. The molecule has 0 aliphatic heterocycles. The molecule has 0 saturated heterocycles. The van der Waals surface area contributed by atoms with Crippen molar-refractivity contribution in [2.75, 3.05) is 0 Å².